The predicted molar refractivity (Wildman–Crippen MR) is 63.3 cm³/mol. The molecule has 2 nitrogen and oxygen atoms in total. The van der Waals surface area contributed by atoms with Gasteiger partial charge in [0.1, 0.15) is 11.8 Å². The lowest BCUT2D eigenvalue weighted by molar-refractivity contribution is -0.112. The lowest BCUT2D eigenvalue weighted by Gasteiger charge is -2.22. The van der Waals surface area contributed by atoms with Crippen LogP contribution < -0.4 is 0 Å². The molecule has 0 saturated heterocycles. The molecule has 0 aliphatic heterocycles. The third-order valence-corrected chi connectivity index (χ3v) is 2.70. The highest BCUT2D eigenvalue weighted by atomic mass is 16.1. The molecule has 1 atom stereocenters. The third kappa shape index (κ3) is 3.01. The summed E-state index contributed by atoms with van der Waals surface area (Å²) in [4.78, 5) is 15.3. The fourth-order valence-electron chi connectivity index (χ4n) is 1.07. The number of aldehydes is 1. The van der Waals surface area contributed by atoms with E-state index >= 15 is 0 Å². The number of benzene rings is 1. The minimum Gasteiger partial charge on any atom is -0.301 e. The van der Waals surface area contributed by atoms with Gasteiger partial charge in [-0.1, -0.05) is 44.2 Å². The van der Waals surface area contributed by atoms with Gasteiger partial charge in [0.05, 0.1) is 0 Å². The maximum absolute atomic E-state index is 11.0. The van der Waals surface area contributed by atoms with Crippen molar-refractivity contribution in [3.05, 3.63) is 35.9 Å². The SMILES string of the molecule is CC(C)C(C)(C=O)N=Cc1ccccc1. The highest BCUT2D eigenvalue weighted by Crippen LogP contribution is 2.18. The van der Waals surface area contributed by atoms with E-state index in [1.807, 2.05) is 51.1 Å². The topological polar surface area (TPSA) is 29.4 Å². The smallest absolute Gasteiger partial charge is 0.147 e. The van der Waals surface area contributed by atoms with Gasteiger partial charge >= 0.3 is 0 Å². The summed E-state index contributed by atoms with van der Waals surface area (Å²) in [6.45, 7) is 5.84. The fraction of sp³-hybridized carbons (Fsp3) is 0.385. The van der Waals surface area contributed by atoms with Crippen LogP contribution in [0.25, 0.3) is 0 Å². The number of aliphatic imine (C=N–C) groups is 1. The molecule has 0 N–H and O–H groups in total. The first-order chi connectivity index (χ1) is 7.08. The van der Waals surface area contributed by atoms with E-state index < -0.39 is 5.54 Å². The van der Waals surface area contributed by atoms with E-state index in [1.165, 1.54) is 0 Å². The van der Waals surface area contributed by atoms with E-state index in [9.17, 15) is 4.79 Å². The Morgan fingerprint density at radius 3 is 2.33 bits per heavy atom. The minimum absolute atomic E-state index is 0.204. The van der Waals surface area contributed by atoms with Gasteiger partial charge in [0.2, 0.25) is 0 Å². The number of carbonyl (C=O) groups is 1. The molecular formula is C13H17NO. The fourth-order valence-corrected chi connectivity index (χ4v) is 1.07. The molecular weight excluding hydrogens is 186 g/mol. The van der Waals surface area contributed by atoms with E-state index in [1.54, 1.807) is 6.21 Å². The number of rotatable bonds is 4. The molecule has 0 bridgehead atoms. The van der Waals surface area contributed by atoms with Crippen LogP contribution in [0.5, 0.6) is 0 Å². The highest BCUT2D eigenvalue weighted by Gasteiger charge is 2.25. The van der Waals surface area contributed by atoms with Crippen molar-refractivity contribution < 1.29 is 4.79 Å². The standard InChI is InChI=1S/C13H17NO/c1-11(2)13(3,10-15)14-9-12-7-5-4-6-8-12/h4-11H,1-3H3. The zero-order valence-corrected chi connectivity index (χ0v) is 9.47. The van der Waals surface area contributed by atoms with Crippen molar-refractivity contribution in [2.24, 2.45) is 10.9 Å². The van der Waals surface area contributed by atoms with Gasteiger partial charge in [-0.3, -0.25) is 4.99 Å². The van der Waals surface area contributed by atoms with Gasteiger partial charge in [-0.05, 0) is 18.4 Å². The van der Waals surface area contributed by atoms with Gasteiger partial charge < -0.3 is 4.79 Å². The van der Waals surface area contributed by atoms with Gasteiger partial charge in [-0.25, -0.2) is 0 Å². The molecule has 2 heteroatoms. The van der Waals surface area contributed by atoms with Gasteiger partial charge in [0, 0.05) is 6.21 Å². The Balaban J connectivity index is 2.84. The molecule has 0 spiro atoms. The Morgan fingerprint density at radius 1 is 1.27 bits per heavy atom. The van der Waals surface area contributed by atoms with Crippen LogP contribution in [0, 0.1) is 5.92 Å². The Hall–Kier alpha value is -1.44. The molecule has 0 fully saturated rings. The summed E-state index contributed by atoms with van der Waals surface area (Å²) in [6, 6.07) is 9.80. The molecule has 1 unspecified atom stereocenters. The summed E-state index contributed by atoms with van der Waals surface area (Å²) in [5, 5.41) is 0. The molecule has 1 rings (SSSR count). The predicted octanol–water partition coefficient (Wildman–Crippen LogP) is 2.72. The largest absolute Gasteiger partial charge is 0.301 e. The van der Waals surface area contributed by atoms with Crippen LogP contribution in [0.15, 0.2) is 35.3 Å². The lowest BCUT2D eigenvalue weighted by atomic mass is 9.91. The van der Waals surface area contributed by atoms with Crippen LogP contribution in [0.2, 0.25) is 0 Å². The van der Waals surface area contributed by atoms with Gasteiger partial charge in [-0.2, -0.15) is 0 Å². The van der Waals surface area contributed by atoms with Gasteiger partial charge in [-0.15, -0.1) is 0 Å². The summed E-state index contributed by atoms with van der Waals surface area (Å²) >= 11 is 0. The molecule has 0 radical (unpaired) electrons. The molecule has 1 aromatic rings. The maximum atomic E-state index is 11.0. The first-order valence-electron chi connectivity index (χ1n) is 5.15. The van der Waals surface area contributed by atoms with Crippen LogP contribution in [0.1, 0.15) is 26.3 Å². The third-order valence-electron chi connectivity index (χ3n) is 2.70. The van der Waals surface area contributed by atoms with Crippen molar-refractivity contribution in [3.63, 3.8) is 0 Å². The summed E-state index contributed by atoms with van der Waals surface area (Å²) in [5.41, 5.74) is 0.404. The monoisotopic (exact) mass is 203 g/mol. The zero-order valence-electron chi connectivity index (χ0n) is 9.47. The van der Waals surface area contributed by atoms with Gasteiger partial charge in [0.25, 0.3) is 0 Å². The van der Waals surface area contributed by atoms with Crippen LogP contribution in [0.4, 0.5) is 0 Å². The Labute approximate surface area is 91.0 Å². The van der Waals surface area contributed by atoms with Crippen molar-refractivity contribution in [2.75, 3.05) is 0 Å². The Morgan fingerprint density at radius 2 is 1.87 bits per heavy atom. The highest BCUT2D eigenvalue weighted by molar-refractivity contribution is 5.82. The quantitative estimate of drug-likeness (QED) is 0.546. The van der Waals surface area contributed by atoms with E-state index in [0.29, 0.717) is 0 Å². The number of nitrogens with zero attached hydrogens (tertiary/aromatic N) is 1. The van der Waals surface area contributed by atoms with E-state index in [-0.39, 0.29) is 5.92 Å². The molecule has 0 aliphatic carbocycles. The normalized spacial score (nSPS) is 15.5. The number of carbonyl (C=O) groups excluding carboxylic acids is 1. The van der Waals surface area contributed by atoms with E-state index in [2.05, 4.69) is 4.99 Å². The zero-order chi connectivity index (χ0) is 11.3. The van der Waals surface area contributed by atoms with Crippen LogP contribution in [-0.4, -0.2) is 18.0 Å². The average molecular weight is 203 g/mol. The summed E-state index contributed by atoms with van der Waals surface area (Å²) in [6.07, 6.45) is 2.67. The molecule has 0 aliphatic rings. The molecule has 0 amide bonds. The van der Waals surface area contributed by atoms with Crippen molar-refractivity contribution in [1.29, 1.82) is 0 Å². The Bertz CT molecular complexity index is 343. The molecule has 15 heavy (non-hydrogen) atoms. The first kappa shape index (κ1) is 11.6. The van der Waals surface area contributed by atoms with Crippen LogP contribution in [0.3, 0.4) is 0 Å². The van der Waals surface area contributed by atoms with E-state index in [4.69, 9.17) is 0 Å². The second kappa shape index (κ2) is 4.87. The Kier molecular flexibility index (Phi) is 3.78. The maximum Gasteiger partial charge on any atom is 0.147 e. The van der Waals surface area contributed by atoms with Crippen LogP contribution >= 0.6 is 0 Å². The van der Waals surface area contributed by atoms with Crippen molar-refractivity contribution >= 4 is 12.5 Å². The molecule has 0 saturated carbocycles. The van der Waals surface area contributed by atoms with Crippen LogP contribution in [-0.2, 0) is 4.79 Å². The summed E-state index contributed by atoms with van der Waals surface area (Å²) < 4.78 is 0. The second-order valence-electron chi connectivity index (χ2n) is 4.17. The second-order valence-corrected chi connectivity index (χ2v) is 4.17. The molecule has 0 heterocycles. The first-order valence-corrected chi connectivity index (χ1v) is 5.15. The molecule has 80 valence electrons. The lowest BCUT2D eigenvalue weighted by Crippen LogP contribution is -2.30. The molecule has 1 aromatic carbocycles. The minimum atomic E-state index is -0.615. The number of hydrogen-bond acceptors (Lipinski definition) is 2. The van der Waals surface area contributed by atoms with E-state index in [0.717, 1.165) is 11.8 Å². The average Bonchev–Trinajstić information content (AvgIpc) is 2.27. The summed E-state index contributed by atoms with van der Waals surface area (Å²) in [5.74, 6) is 0.204. The van der Waals surface area contributed by atoms with Crippen molar-refractivity contribution in [1.82, 2.24) is 0 Å². The number of hydrogen-bond donors (Lipinski definition) is 0. The van der Waals surface area contributed by atoms with Crippen molar-refractivity contribution in [2.45, 2.75) is 26.3 Å². The molecule has 0 aromatic heterocycles. The summed E-state index contributed by atoms with van der Waals surface area (Å²) in [7, 11) is 0. The van der Waals surface area contributed by atoms with Crippen molar-refractivity contribution in [3.8, 4) is 0 Å². The van der Waals surface area contributed by atoms with Gasteiger partial charge in [0.15, 0.2) is 0 Å².